The van der Waals surface area contributed by atoms with Gasteiger partial charge in [0.05, 0.1) is 4.88 Å². The molecule has 0 fully saturated rings. The number of halogens is 1. The third-order valence-electron chi connectivity index (χ3n) is 2.38. The van der Waals surface area contributed by atoms with Gasteiger partial charge in [-0.25, -0.2) is 13.6 Å². The Hall–Kier alpha value is -0.770. The molecule has 0 aromatic carbocycles. The molecule has 2 heterocycles. The Balaban J connectivity index is 2.79. The first-order valence-electron chi connectivity index (χ1n) is 5.34. The van der Waals surface area contributed by atoms with Gasteiger partial charge in [0.25, 0.3) is 15.2 Å². The van der Waals surface area contributed by atoms with Crippen LogP contribution in [0.3, 0.4) is 0 Å². The summed E-state index contributed by atoms with van der Waals surface area (Å²) in [5.74, 6) is 0.485. The summed E-state index contributed by atoms with van der Waals surface area (Å²) in [4.78, 5) is 0.817. The highest BCUT2D eigenvalue weighted by molar-refractivity contribution is 9.10. The van der Waals surface area contributed by atoms with Gasteiger partial charge in [0.1, 0.15) is 0 Å². The molecule has 2 aromatic rings. The van der Waals surface area contributed by atoms with Crippen LogP contribution in [0.15, 0.2) is 21.1 Å². The fourth-order valence-corrected chi connectivity index (χ4v) is 3.95. The summed E-state index contributed by atoms with van der Waals surface area (Å²) in [5, 5.41) is 14.6. The molecule has 2 rings (SSSR count). The molecule has 0 unspecified atom stereocenters. The van der Waals surface area contributed by atoms with Gasteiger partial charge in [-0.2, -0.15) is 0 Å². The van der Waals surface area contributed by atoms with Crippen molar-refractivity contribution in [3.8, 4) is 10.7 Å². The van der Waals surface area contributed by atoms with Gasteiger partial charge in [-0.3, -0.25) is 4.57 Å². The summed E-state index contributed by atoms with van der Waals surface area (Å²) >= 11 is 4.86. The summed E-state index contributed by atoms with van der Waals surface area (Å²) in [7, 11) is -3.92. The molecule has 0 radical (unpaired) electrons. The normalized spacial score (nSPS) is 12.9. The van der Waals surface area contributed by atoms with Crippen molar-refractivity contribution < 1.29 is 8.42 Å². The fourth-order valence-electron chi connectivity index (χ4n) is 1.66. The van der Waals surface area contributed by atoms with Crippen molar-refractivity contribution in [2.24, 2.45) is 5.14 Å². The van der Waals surface area contributed by atoms with E-state index in [1.54, 1.807) is 4.57 Å². The third kappa shape index (κ3) is 2.73. The number of aromatic nitrogens is 3. The Morgan fingerprint density at radius 1 is 1.37 bits per heavy atom. The molecule has 2 aromatic heterocycles. The van der Waals surface area contributed by atoms with E-state index in [0.717, 1.165) is 9.35 Å². The minimum absolute atomic E-state index is 0.227. The first-order chi connectivity index (χ1) is 8.62. The van der Waals surface area contributed by atoms with E-state index in [0.29, 0.717) is 5.82 Å². The van der Waals surface area contributed by atoms with Crippen LogP contribution in [0.25, 0.3) is 10.7 Å². The molecular weight excluding hydrogens is 352 g/mol. The second-order valence-electron chi connectivity index (χ2n) is 4.96. The summed E-state index contributed by atoms with van der Waals surface area (Å²) in [6, 6.07) is 1.87. The maximum absolute atomic E-state index is 11.6. The van der Waals surface area contributed by atoms with Crippen molar-refractivity contribution in [3.05, 3.63) is 15.9 Å². The Kier molecular flexibility index (Phi) is 3.58. The molecule has 9 heteroatoms. The van der Waals surface area contributed by atoms with Gasteiger partial charge in [-0.15, -0.1) is 21.5 Å². The Morgan fingerprint density at radius 3 is 2.42 bits per heavy atom. The smallest absolute Gasteiger partial charge is 0.273 e. The van der Waals surface area contributed by atoms with E-state index < -0.39 is 15.6 Å². The minimum Gasteiger partial charge on any atom is -0.291 e. The van der Waals surface area contributed by atoms with Crippen LogP contribution in [0.2, 0.25) is 0 Å². The standard InChI is InChI=1S/C10H13BrN4O2S2/c1-10(2,3)15-8(7-6(11)4-5-18-7)13-14-9(15)19(12,16)17/h4-5H,1-3H3,(H2,12,16,17). The molecule has 0 aliphatic rings. The maximum Gasteiger partial charge on any atom is 0.273 e. The van der Waals surface area contributed by atoms with Gasteiger partial charge in [0.2, 0.25) is 0 Å². The van der Waals surface area contributed by atoms with Crippen LogP contribution >= 0.6 is 27.3 Å². The van der Waals surface area contributed by atoms with Gasteiger partial charge in [-0.1, -0.05) is 0 Å². The molecule has 104 valence electrons. The van der Waals surface area contributed by atoms with E-state index in [1.165, 1.54) is 11.3 Å². The van der Waals surface area contributed by atoms with Crippen LogP contribution in [0.4, 0.5) is 0 Å². The van der Waals surface area contributed by atoms with Gasteiger partial charge in [0, 0.05) is 10.0 Å². The van der Waals surface area contributed by atoms with Crippen molar-refractivity contribution in [3.63, 3.8) is 0 Å². The zero-order valence-corrected chi connectivity index (χ0v) is 13.8. The van der Waals surface area contributed by atoms with E-state index in [1.807, 2.05) is 32.2 Å². The monoisotopic (exact) mass is 364 g/mol. The highest BCUT2D eigenvalue weighted by atomic mass is 79.9. The Labute approximate surface area is 123 Å². The van der Waals surface area contributed by atoms with Crippen molar-refractivity contribution in [1.82, 2.24) is 14.8 Å². The largest absolute Gasteiger partial charge is 0.291 e. The summed E-state index contributed by atoms with van der Waals surface area (Å²) in [6.45, 7) is 5.61. The van der Waals surface area contributed by atoms with Crippen molar-refractivity contribution in [2.45, 2.75) is 31.5 Å². The lowest BCUT2D eigenvalue weighted by Crippen LogP contribution is -2.29. The zero-order valence-electron chi connectivity index (χ0n) is 10.6. The number of hydrogen-bond acceptors (Lipinski definition) is 5. The van der Waals surface area contributed by atoms with E-state index in [9.17, 15) is 8.42 Å². The first kappa shape index (κ1) is 14.6. The molecule has 0 bridgehead atoms. The van der Waals surface area contributed by atoms with Crippen molar-refractivity contribution in [2.75, 3.05) is 0 Å². The van der Waals surface area contributed by atoms with Crippen LogP contribution in [-0.4, -0.2) is 23.2 Å². The minimum atomic E-state index is -3.92. The second-order valence-corrected chi connectivity index (χ2v) is 8.18. The fraction of sp³-hybridized carbons (Fsp3) is 0.400. The average Bonchev–Trinajstić information content (AvgIpc) is 2.79. The predicted molar refractivity (Wildman–Crippen MR) is 77.4 cm³/mol. The highest BCUT2D eigenvalue weighted by Crippen LogP contribution is 2.35. The summed E-state index contributed by atoms with van der Waals surface area (Å²) < 4.78 is 25.6. The van der Waals surface area contributed by atoms with Crippen molar-refractivity contribution in [1.29, 1.82) is 0 Å². The molecule has 0 spiro atoms. The first-order valence-corrected chi connectivity index (χ1v) is 8.56. The average molecular weight is 365 g/mol. The zero-order chi connectivity index (χ0) is 14.4. The lowest BCUT2D eigenvalue weighted by molar-refractivity contribution is 0.366. The molecule has 19 heavy (non-hydrogen) atoms. The number of thiophene rings is 1. The highest BCUT2D eigenvalue weighted by Gasteiger charge is 2.30. The SMILES string of the molecule is CC(C)(C)n1c(-c2sccc2Br)nnc1S(N)(=O)=O. The van der Waals surface area contributed by atoms with Gasteiger partial charge in [-0.05, 0) is 48.1 Å². The van der Waals surface area contributed by atoms with Crippen LogP contribution in [0.5, 0.6) is 0 Å². The molecule has 2 N–H and O–H groups in total. The number of rotatable bonds is 2. The van der Waals surface area contributed by atoms with Crippen LogP contribution < -0.4 is 5.14 Å². The van der Waals surface area contributed by atoms with E-state index in [-0.39, 0.29) is 5.16 Å². The van der Waals surface area contributed by atoms with Crippen LogP contribution in [0.1, 0.15) is 20.8 Å². The topological polar surface area (TPSA) is 90.9 Å². The summed E-state index contributed by atoms with van der Waals surface area (Å²) in [5.41, 5.74) is -0.510. The summed E-state index contributed by atoms with van der Waals surface area (Å²) in [6.07, 6.45) is 0. The Morgan fingerprint density at radius 2 is 2.00 bits per heavy atom. The van der Waals surface area contributed by atoms with E-state index >= 15 is 0 Å². The molecule has 0 amide bonds. The maximum atomic E-state index is 11.6. The predicted octanol–water partition coefficient (Wildman–Crippen LogP) is 2.17. The Bertz CT molecular complexity index is 712. The van der Waals surface area contributed by atoms with E-state index in [2.05, 4.69) is 26.1 Å². The van der Waals surface area contributed by atoms with Gasteiger partial charge in [0.15, 0.2) is 5.82 Å². The lowest BCUT2D eigenvalue weighted by atomic mass is 10.1. The second kappa shape index (κ2) is 4.65. The molecular formula is C10H13BrN4O2S2. The number of primary sulfonamides is 1. The molecule has 6 nitrogen and oxygen atoms in total. The van der Waals surface area contributed by atoms with Gasteiger partial charge < -0.3 is 0 Å². The molecule has 0 saturated heterocycles. The molecule has 0 aliphatic carbocycles. The van der Waals surface area contributed by atoms with Crippen LogP contribution in [-0.2, 0) is 15.6 Å². The van der Waals surface area contributed by atoms with Crippen molar-refractivity contribution >= 4 is 37.3 Å². The number of hydrogen-bond donors (Lipinski definition) is 1. The third-order valence-corrected chi connectivity index (χ3v) is 4.99. The molecule has 0 atom stereocenters. The van der Waals surface area contributed by atoms with Crippen LogP contribution in [0, 0.1) is 0 Å². The number of nitrogens with two attached hydrogens (primary N) is 1. The number of nitrogens with zero attached hydrogens (tertiary/aromatic N) is 3. The quantitative estimate of drug-likeness (QED) is 0.883. The lowest BCUT2D eigenvalue weighted by Gasteiger charge is -2.23. The molecule has 0 saturated carbocycles. The van der Waals surface area contributed by atoms with E-state index in [4.69, 9.17) is 5.14 Å². The molecule has 0 aliphatic heterocycles. The number of sulfonamides is 1. The van der Waals surface area contributed by atoms with Gasteiger partial charge >= 0.3 is 0 Å².